The molecule has 0 saturated carbocycles. The van der Waals surface area contributed by atoms with Gasteiger partial charge in [0, 0.05) is 9.75 Å². The van der Waals surface area contributed by atoms with Gasteiger partial charge < -0.3 is 15.2 Å². The van der Waals surface area contributed by atoms with Gasteiger partial charge in [0.25, 0.3) is 0 Å². The Morgan fingerprint density at radius 1 is 1.26 bits per heavy atom. The summed E-state index contributed by atoms with van der Waals surface area (Å²) in [6, 6.07) is 11.8. The van der Waals surface area contributed by atoms with Crippen molar-refractivity contribution < 1.29 is 9.47 Å². The van der Waals surface area contributed by atoms with Gasteiger partial charge in [0.1, 0.15) is 6.61 Å². The van der Waals surface area contributed by atoms with E-state index in [1.165, 1.54) is 4.88 Å². The van der Waals surface area contributed by atoms with E-state index in [1.807, 2.05) is 24.3 Å². The molecule has 2 atom stereocenters. The number of hydrogen-bond donors (Lipinski definition) is 1. The highest BCUT2D eigenvalue weighted by Gasteiger charge is 2.28. The van der Waals surface area contributed by atoms with Crippen LogP contribution in [0.15, 0.2) is 36.4 Å². The van der Waals surface area contributed by atoms with Crippen molar-refractivity contribution in [1.29, 1.82) is 0 Å². The number of nitrogens with two attached hydrogens (primary N) is 1. The smallest absolute Gasteiger partial charge is 0.161 e. The van der Waals surface area contributed by atoms with Gasteiger partial charge in [0.2, 0.25) is 0 Å². The van der Waals surface area contributed by atoms with E-state index in [0.717, 1.165) is 22.8 Å². The lowest BCUT2D eigenvalue weighted by Gasteiger charge is -2.29. The quantitative estimate of drug-likeness (QED) is 0.936. The Balaban J connectivity index is 1.77. The van der Waals surface area contributed by atoms with Gasteiger partial charge in [-0.1, -0.05) is 19.1 Å². The SMILES string of the molecule is CCc1ccc(C(N)C2COc3ccccc3O2)s1. The first-order valence-corrected chi connectivity index (χ1v) is 7.32. The summed E-state index contributed by atoms with van der Waals surface area (Å²) in [6.45, 7) is 2.65. The van der Waals surface area contributed by atoms with Gasteiger partial charge in [-0.25, -0.2) is 0 Å². The van der Waals surface area contributed by atoms with E-state index in [-0.39, 0.29) is 12.1 Å². The Morgan fingerprint density at radius 3 is 2.79 bits per heavy atom. The number of rotatable bonds is 3. The van der Waals surface area contributed by atoms with Crippen LogP contribution in [0.25, 0.3) is 0 Å². The molecule has 2 unspecified atom stereocenters. The summed E-state index contributed by atoms with van der Waals surface area (Å²) in [6.07, 6.45) is 0.917. The predicted octanol–water partition coefficient (Wildman–Crippen LogP) is 3.15. The van der Waals surface area contributed by atoms with Crippen LogP contribution in [0.3, 0.4) is 0 Å². The van der Waals surface area contributed by atoms with Gasteiger partial charge in [-0.3, -0.25) is 0 Å². The fourth-order valence-electron chi connectivity index (χ4n) is 2.16. The highest BCUT2D eigenvalue weighted by molar-refractivity contribution is 7.12. The van der Waals surface area contributed by atoms with Crippen molar-refractivity contribution in [1.82, 2.24) is 0 Å². The second-order valence-electron chi connectivity index (χ2n) is 4.60. The minimum atomic E-state index is -0.140. The zero-order valence-corrected chi connectivity index (χ0v) is 11.7. The van der Waals surface area contributed by atoms with Crippen LogP contribution < -0.4 is 15.2 Å². The fraction of sp³-hybridized carbons (Fsp3) is 0.333. The number of para-hydroxylation sites is 2. The maximum absolute atomic E-state index is 6.30. The number of fused-ring (bicyclic) bond motifs is 1. The molecule has 0 saturated heterocycles. The first kappa shape index (κ1) is 12.5. The zero-order valence-electron chi connectivity index (χ0n) is 10.8. The van der Waals surface area contributed by atoms with Crippen LogP contribution >= 0.6 is 11.3 Å². The van der Waals surface area contributed by atoms with E-state index in [2.05, 4.69) is 19.1 Å². The standard InChI is InChI=1S/C15H17NO2S/c1-2-10-7-8-14(19-10)15(16)13-9-17-11-5-3-4-6-12(11)18-13/h3-8,13,15H,2,9,16H2,1H3. The molecule has 1 aliphatic heterocycles. The van der Waals surface area contributed by atoms with Crippen molar-refractivity contribution in [3.63, 3.8) is 0 Å². The van der Waals surface area contributed by atoms with Crippen LogP contribution in [0.5, 0.6) is 11.5 Å². The summed E-state index contributed by atoms with van der Waals surface area (Å²) in [5.41, 5.74) is 6.30. The van der Waals surface area contributed by atoms with Crippen LogP contribution in [0.4, 0.5) is 0 Å². The zero-order chi connectivity index (χ0) is 13.2. The molecule has 2 aromatic rings. The Hall–Kier alpha value is -1.52. The molecule has 0 fully saturated rings. The molecule has 3 nitrogen and oxygen atoms in total. The van der Waals surface area contributed by atoms with Crippen molar-refractivity contribution in [2.45, 2.75) is 25.5 Å². The molecule has 3 rings (SSSR count). The minimum absolute atomic E-state index is 0.127. The molecule has 0 aliphatic carbocycles. The lowest BCUT2D eigenvalue weighted by atomic mass is 10.1. The van der Waals surface area contributed by atoms with Gasteiger partial charge in [-0.05, 0) is 30.7 Å². The number of thiophene rings is 1. The molecule has 0 radical (unpaired) electrons. The second-order valence-corrected chi connectivity index (χ2v) is 5.80. The van der Waals surface area contributed by atoms with Crippen LogP contribution in [-0.4, -0.2) is 12.7 Å². The molecule has 1 aromatic heterocycles. The van der Waals surface area contributed by atoms with Crippen LogP contribution in [-0.2, 0) is 6.42 Å². The lowest BCUT2D eigenvalue weighted by molar-refractivity contribution is 0.0729. The van der Waals surface area contributed by atoms with Crippen molar-refractivity contribution in [3.05, 3.63) is 46.2 Å². The molecule has 4 heteroatoms. The third-order valence-corrected chi connectivity index (χ3v) is 4.62. The normalized spacial score (nSPS) is 19.2. The molecular formula is C15H17NO2S. The van der Waals surface area contributed by atoms with Crippen molar-refractivity contribution in [2.75, 3.05) is 6.61 Å². The van der Waals surface area contributed by atoms with Gasteiger partial charge in [0.15, 0.2) is 17.6 Å². The van der Waals surface area contributed by atoms with E-state index >= 15 is 0 Å². The highest BCUT2D eigenvalue weighted by Crippen LogP contribution is 2.35. The number of hydrogen-bond acceptors (Lipinski definition) is 4. The monoisotopic (exact) mass is 275 g/mol. The Labute approximate surface area is 117 Å². The lowest BCUT2D eigenvalue weighted by Crippen LogP contribution is -2.38. The molecule has 1 aliphatic rings. The first-order valence-electron chi connectivity index (χ1n) is 6.50. The average Bonchev–Trinajstić information content (AvgIpc) is 2.95. The third kappa shape index (κ3) is 2.46. The van der Waals surface area contributed by atoms with Gasteiger partial charge in [0.05, 0.1) is 6.04 Å². The number of aryl methyl sites for hydroxylation is 1. The second kappa shape index (κ2) is 5.23. The summed E-state index contributed by atoms with van der Waals surface area (Å²) < 4.78 is 11.7. The maximum Gasteiger partial charge on any atom is 0.161 e. The molecule has 2 N–H and O–H groups in total. The van der Waals surface area contributed by atoms with E-state index in [0.29, 0.717) is 6.61 Å². The van der Waals surface area contributed by atoms with E-state index in [4.69, 9.17) is 15.2 Å². The minimum Gasteiger partial charge on any atom is -0.486 e. The van der Waals surface area contributed by atoms with E-state index in [9.17, 15) is 0 Å². The molecular weight excluding hydrogens is 258 g/mol. The molecule has 19 heavy (non-hydrogen) atoms. The molecule has 0 spiro atoms. The maximum atomic E-state index is 6.30. The summed E-state index contributed by atoms with van der Waals surface area (Å²) in [5.74, 6) is 1.58. The van der Waals surface area contributed by atoms with Crippen molar-refractivity contribution >= 4 is 11.3 Å². The molecule has 0 bridgehead atoms. The first-order chi connectivity index (χ1) is 9.28. The number of benzene rings is 1. The Bertz CT molecular complexity index is 567. The third-order valence-electron chi connectivity index (χ3n) is 3.29. The topological polar surface area (TPSA) is 44.5 Å². The molecule has 0 amide bonds. The molecule has 100 valence electrons. The summed E-state index contributed by atoms with van der Waals surface area (Å²) in [7, 11) is 0. The van der Waals surface area contributed by atoms with Crippen LogP contribution in [0.1, 0.15) is 22.7 Å². The number of ether oxygens (including phenoxy) is 2. The van der Waals surface area contributed by atoms with Crippen molar-refractivity contribution in [3.8, 4) is 11.5 Å². The van der Waals surface area contributed by atoms with E-state index < -0.39 is 0 Å². The summed E-state index contributed by atoms with van der Waals surface area (Å²) in [4.78, 5) is 2.51. The van der Waals surface area contributed by atoms with Gasteiger partial charge in [-0.15, -0.1) is 11.3 Å². The molecule has 2 heterocycles. The Morgan fingerprint density at radius 2 is 2.05 bits per heavy atom. The largest absolute Gasteiger partial charge is 0.486 e. The van der Waals surface area contributed by atoms with Crippen LogP contribution in [0, 0.1) is 0 Å². The predicted molar refractivity (Wildman–Crippen MR) is 77.0 cm³/mol. The van der Waals surface area contributed by atoms with Gasteiger partial charge in [-0.2, -0.15) is 0 Å². The Kier molecular flexibility index (Phi) is 3.44. The van der Waals surface area contributed by atoms with Gasteiger partial charge >= 0.3 is 0 Å². The summed E-state index contributed by atoms with van der Waals surface area (Å²) >= 11 is 1.76. The van der Waals surface area contributed by atoms with Crippen LogP contribution in [0.2, 0.25) is 0 Å². The fourth-order valence-corrected chi connectivity index (χ4v) is 3.17. The highest BCUT2D eigenvalue weighted by atomic mass is 32.1. The average molecular weight is 275 g/mol. The molecule has 1 aromatic carbocycles. The summed E-state index contributed by atoms with van der Waals surface area (Å²) in [5, 5.41) is 0. The van der Waals surface area contributed by atoms with E-state index in [1.54, 1.807) is 11.3 Å². The van der Waals surface area contributed by atoms with Crippen molar-refractivity contribution in [2.24, 2.45) is 5.73 Å².